The quantitative estimate of drug-likeness (QED) is 0.813. The minimum Gasteiger partial charge on any atom is -0.358 e. The summed E-state index contributed by atoms with van der Waals surface area (Å²) >= 11 is 0. The molecule has 1 rings (SSSR count). The average Bonchev–Trinajstić information content (AvgIpc) is 2.36. The molecular weight excluding hydrogens is 214 g/mol. The molecule has 1 N–H and O–H groups in total. The van der Waals surface area contributed by atoms with Crippen molar-refractivity contribution in [1.29, 1.82) is 5.26 Å². The van der Waals surface area contributed by atoms with Crippen LogP contribution in [0.3, 0.4) is 0 Å². The monoisotopic (exact) mass is 233 g/mol. The Morgan fingerprint density at radius 1 is 1.59 bits per heavy atom. The van der Waals surface area contributed by atoms with Crippen molar-refractivity contribution in [2.45, 2.75) is 20.3 Å². The van der Waals surface area contributed by atoms with Crippen molar-refractivity contribution < 1.29 is 0 Å². The Kier molecular flexibility index (Phi) is 5.21. The first-order valence-electron chi connectivity index (χ1n) is 5.85. The van der Waals surface area contributed by atoms with E-state index in [-0.39, 0.29) is 5.92 Å². The molecule has 0 amide bonds. The van der Waals surface area contributed by atoms with Gasteiger partial charge in [0.05, 0.1) is 12.0 Å². The lowest BCUT2D eigenvalue weighted by atomic mass is 10.2. The van der Waals surface area contributed by atoms with Crippen molar-refractivity contribution in [2.24, 2.45) is 5.92 Å². The summed E-state index contributed by atoms with van der Waals surface area (Å²) in [5, 5.41) is 11.9. The highest BCUT2D eigenvalue weighted by Crippen LogP contribution is 2.11. The summed E-state index contributed by atoms with van der Waals surface area (Å²) in [6.45, 7) is 5.52. The van der Waals surface area contributed by atoms with Crippen LogP contribution in [0, 0.1) is 17.2 Å². The van der Waals surface area contributed by atoms with E-state index in [2.05, 4.69) is 28.3 Å². The van der Waals surface area contributed by atoms with Crippen molar-refractivity contribution in [3.63, 3.8) is 0 Å². The number of hydrogen-bond donors (Lipinski definition) is 1. The molecule has 1 aromatic heterocycles. The molecule has 0 saturated heterocycles. The summed E-state index contributed by atoms with van der Waals surface area (Å²) in [5.41, 5.74) is 0. The Bertz CT molecular complexity index is 385. The fourth-order valence-corrected chi connectivity index (χ4v) is 1.43. The van der Waals surface area contributed by atoms with E-state index < -0.39 is 0 Å². The molecule has 0 aliphatic rings. The SMILES string of the molecule is CCCNc1nccc(N(C)CC(C)C#N)n1. The van der Waals surface area contributed by atoms with E-state index >= 15 is 0 Å². The van der Waals surface area contributed by atoms with E-state index in [4.69, 9.17) is 5.26 Å². The van der Waals surface area contributed by atoms with Gasteiger partial charge in [-0.2, -0.15) is 10.2 Å². The van der Waals surface area contributed by atoms with Gasteiger partial charge in [-0.15, -0.1) is 0 Å². The maximum Gasteiger partial charge on any atom is 0.224 e. The zero-order valence-electron chi connectivity index (χ0n) is 10.6. The average molecular weight is 233 g/mol. The van der Waals surface area contributed by atoms with Gasteiger partial charge >= 0.3 is 0 Å². The zero-order valence-corrected chi connectivity index (χ0v) is 10.6. The molecule has 1 heterocycles. The van der Waals surface area contributed by atoms with E-state index in [1.54, 1.807) is 6.20 Å². The van der Waals surface area contributed by atoms with Crippen LogP contribution in [0.25, 0.3) is 0 Å². The van der Waals surface area contributed by atoms with Crippen LogP contribution in [0.1, 0.15) is 20.3 Å². The third kappa shape index (κ3) is 4.27. The molecule has 0 aromatic carbocycles. The summed E-state index contributed by atoms with van der Waals surface area (Å²) in [6.07, 6.45) is 2.77. The van der Waals surface area contributed by atoms with Crippen molar-refractivity contribution in [1.82, 2.24) is 9.97 Å². The van der Waals surface area contributed by atoms with E-state index in [0.717, 1.165) is 18.8 Å². The normalized spacial score (nSPS) is 11.6. The highest BCUT2D eigenvalue weighted by atomic mass is 15.2. The number of rotatable bonds is 6. The number of aromatic nitrogens is 2. The van der Waals surface area contributed by atoms with Gasteiger partial charge in [-0.1, -0.05) is 6.92 Å². The van der Waals surface area contributed by atoms with Gasteiger partial charge in [0.1, 0.15) is 5.82 Å². The molecule has 1 unspecified atom stereocenters. The number of nitrogens with one attached hydrogen (secondary N) is 1. The Balaban J connectivity index is 2.67. The Labute approximate surface area is 102 Å². The van der Waals surface area contributed by atoms with Crippen LogP contribution in [0.15, 0.2) is 12.3 Å². The molecule has 0 bridgehead atoms. The second kappa shape index (κ2) is 6.69. The van der Waals surface area contributed by atoms with Gasteiger partial charge in [0.15, 0.2) is 0 Å². The van der Waals surface area contributed by atoms with E-state index in [1.807, 2.05) is 24.9 Å². The van der Waals surface area contributed by atoms with Crippen LogP contribution < -0.4 is 10.2 Å². The van der Waals surface area contributed by atoms with Gasteiger partial charge in [-0.05, 0) is 19.4 Å². The largest absolute Gasteiger partial charge is 0.358 e. The lowest BCUT2D eigenvalue weighted by Gasteiger charge is -2.19. The van der Waals surface area contributed by atoms with Gasteiger partial charge < -0.3 is 10.2 Å². The molecule has 0 aliphatic carbocycles. The van der Waals surface area contributed by atoms with Crippen LogP contribution in [-0.2, 0) is 0 Å². The molecule has 0 aliphatic heterocycles. The third-order valence-corrected chi connectivity index (χ3v) is 2.33. The van der Waals surface area contributed by atoms with E-state index in [0.29, 0.717) is 12.5 Å². The van der Waals surface area contributed by atoms with Crippen LogP contribution in [0.2, 0.25) is 0 Å². The predicted molar refractivity (Wildman–Crippen MR) is 68.9 cm³/mol. The molecule has 0 fully saturated rings. The second-order valence-corrected chi connectivity index (χ2v) is 4.08. The third-order valence-electron chi connectivity index (χ3n) is 2.33. The topological polar surface area (TPSA) is 64.8 Å². The van der Waals surface area contributed by atoms with Gasteiger partial charge in [0.2, 0.25) is 5.95 Å². The fraction of sp³-hybridized carbons (Fsp3) is 0.583. The molecule has 1 atom stereocenters. The number of nitrogens with zero attached hydrogens (tertiary/aromatic N) is 4. The minimum atomic E-state index is -0.0120. The summed E-state index contributed by atoms with van der Waals surface area (Å²) in [7, 11) is 1.93. The molecular formula is C12H19N5. The first-order valence-corrected chi connectivity index (χ1v) is 5.85. The Hall–Kier alpha value is -1.83. The first kappa shape index (κ1) is 13.2. The van der Waals surface area contributed by atoms with Gasteiger partial charge in [0, 0.05) is 26.3 Å². The Morgan fingerprint density at radius 2 is 2.35 bits per heavy atom. The summed E-state index contributed by atoms with van der Waals surface area (Å²) in [4.78, 5) is 10.5. The lowest BCUT2D eigenvalue weighted by molar-refractivity contribution is 0.709. The van der Waals surface area contributed by atoms with Crippen molar-refractivity contribution in [3.05, 3.63) is 12.3 Å². The first-order chi connectivity index (χ1) is 8.17. The van der Waals surface area contributed by atoms with Gasteiger partial charge in [0.25, 0.3) is 0 Å². The molecule has 0 saturated carbocycles. The second-order valence-electron chi connectivity index (χ2n) is 4.08. The molecule has 0 radical (unpaired) electrons. The van der Waals surface area contributed by atoms with Gasteiger partial charge in [-0.3, -0.25) is 0 Å². The highest BCUT2D eigenvalue weighted by Gasteiger charge is 2.08. The van der Waals surface area contributed by atoms with Crippen LogP contribution in [-0.4, -0.2) is 30.1 Å². The van der Waals surface area contributed by atoms with Crippen LogP contribution in [0.5, 0.6) is 0 Å². The van der Waals surface area contributed by atoms with Crippen molar-refractivity contribution >= 4 is 11.8 Å². The Morgan fingerprint density at radius 3 is 3.00 bits per heavy atom. The zero-order chi connectivity index (χ0) is 12.7. The maximum absolute atomic E-state index is 8.78. The van der Waals surface area contributed by atoms with Crippen LogP contribution >= 0.6 is 0 Å². The number of anilines is 2. The summed E-state index contributed by atoms with van der Waals surface area (Å²) in [5.74, 6) is 1.46. The van der Waals surface area contributed by atoms with E-state index in [1.165, 1.54) is 0 Å². The fourth-order valence-electron chi connectivity index (χ4n) is 1.43. The smallest absolute Gasteiger partial charge is 0.224 e. The molecule has 5 nitrogen and oxygen atoms in total. The van der Waals surface area contributed by atoms with Crippen LogP contribution in [0.4, 0.5) is 11.8 Å². The molecule has 1 aromatic rings. The molecule has 0 spiro atoms. The lowest BCUT2D eigenvalue weighted by Crippen LogP contribution is -2.24. The van der Waals surface area contributed by atoms with Gasteiger partial charge in [-0.25, -0.2) is 4.98 Å². The highest BCUT2D eigenvalue weighted by molar-refractivity contribution is 5.41. The summed E-state index contributed by atoms with van der Waals surface area (Å²) < 4.78 is 0. The standard InChI is InChI=1S/C12H19N5/c1-4-6-14-12-15-7-5-11(16-12)17(3)9-10(2)8-13/h5,7,10H,4,6,9H2,1-3H3,(H,14,15,16). The number of hydrogen-bond acceptors (Lipinski definition) is 5. The summed E-state index contributed by atoms with van der Waals surface area (Å²) in [6, 6.07) is 4.06. The van der Waals surface area contributed by atoms with E-state index in [9.17, 15) is 0 Å². The maximum atomic E-state index is 8.78. The predicted octanol–water partition coefficient (Wildman–Crippen LogP) is 1.89. The molecule has 92 valence electrons. The minimum absolute atomic E-state index is 0.0120. The van der Waals surface area contributed by atoms with Crippen molar-refractivity contribution in [3.8, 4) is 6.07 Å². The number of nitriles is 1. The molecule has 5 heteroatoms. The molecule has 17 heavy (non-hydrogen) atoms. The van der Waals surface area contributed by atoms with Crippen molar-refractivity contribution in [2.75, 3.05) is 30.4 Å².